The molecule has 0 fully saturated rings. The van der Waals surface area contributed by atoms with Crippen LogP contribution in [0, 0.1) is 0 Å². The van der Waals surface area contributed by atoms with Gasteiger partial charge < -0.3 is 9.47 Å². The van der Waals surface area contributed by atoms with Gasteiger partial charge in [-0.3, -0.25) is 0 Å². The number of aromatic nitrogens is 4. The number of hydrogen-bond acceptors (Lipinski definition) is 6. The number of carbonyl (C=O) groups is 1. The molecule has 2 rings (SSSR count). The molecule has 0 aliphatic rings. The molecule has 7 heteroatoms. The first-order valence-electron chi connectivity index (χ1n) is 5.34. The van der Waals surface area contributed by atoms with Crippen LogP contribution in [0.4, 0.5) is 0 Å². The van der Waals surface area contributed by atoms with Crippen LogP contribution < -0.4 is 4.74 Å². The molecule has 7 nitrogen and oxygen atoms in total. The zero-order valence-electron chi connectivity index (χ0n) is 10.0. The highest BCUT2D eigenvalue weighted by molar-refractivity contribution is 5.91. The molecule has 0 aromatic carbocycles. The van der Waals surface area contributed by atoms with Crippen molar-refractivity contribution in [2.45, 2.75) is 6.92 Å². The third kappa shape index (κ3) is 2.29. The highest BCUT2D eigenvalue weighted by Crippen LogP contribution is 2.18. The largest absolute Gasteiger partial charge is 0.479 e. The number of esters is 1. The predicted molar refractivity (Wildman–Crippen MR) is 61.7 cm³/mol. The maximum Gasteiger partial charge on any atom is 0.345 e. The van der Waals surface area contributed by atoms with E-state index in [4.69, 9.17) is 9.47 Å². The summed E-state index contributed by atoms with van der Waals surface area (Å²) in [6.07, 6.45) is 4.65. The summed E-state index contributed by atoms with van der Waals surface area (Å²) in [6.45, 7) is 2.02. The molecule has 0 N–H and O–H groups in total. The highest BCUT2D eigenvalue weighted by Gasteiger charge is 2.19. The van der Waals surface area contributed by atoms with Crippen molar-refractivity contribution in [3.63, 3.8) is 0 Å². The van der Waals surface area contributed by atoms with E-state index < -0.39 is 5.97 Å². The molecule has 0 bridgehead atoms. The minimum absolute atomic E-state index is 0.181. The van der Waals surface area contributed by atoms with Gasteiger partial charge in [0.25, 0.3) is 5.95 Å². The van der Waals surface area contributed by atoms with Gasteiger partial charge >= 0.3 is 5.97 Å². The number of carbonyl (C=O) groups excluding carboxylic acids is 1. The second kappa shape index (κ2) is 5.26. The summed E-state index contributed by atoms with van der Waals surface area (Å²) in [6, 6.07) is 1.69. The smallest absolute Gasteiger partial charge is 0.345 e. The Bertz CT molecular complexity index is 538. The van der Waals surface area contributed by atoms with Crippen LogP contribution in [0.3, 0.4) is 0 Å². The SMILES string of the molecule is CCOC(=O)c1cn(-c2ncccn2)nc1OC. The summed E-state index contributed by atoms with van der Waals surface area (Å²) in [5, 5.41) is 4.07. The van der Waals surface area contributed by atoms with E-state index in [0.717, 1.165) is 0 Å². The molecule has 0 radical (unpaired) electrons. The third-order valence-electron chi connectivity index (χ3n) is 2.13. The fraction of sp³-hybridized carbons (Fsp3) is 0.273. The van der Waals surface area contributed by atoms with Crippen LogP contribution in [0.5, 0.6) is 5.88 Å². The van der Waals surface area contributed by atoms with Crippen LogP contribution in [0.2, 0.25) is 0 Å². The van der Waals surface area contributed by atoms with E-state index in [-0.39, 0.29) is 18.1 Å². The third-order valence-corrected chi connectivity index (χ3v) is 2.13. The zero-order chi connectivity index (χ0) is 13.0. The average Bonchev–Trinajstić information content (AvgIpc) is 2.84. The molecule has 0 saturated heterocycles. The lowest BCUT2D eigenvalue weighted by atomic mass is 10.3. The topological polar surface area (TPSA) is 79.1 Å². The molecular weight excluding hydrogens is 236 g/mol. The number of rotatable bonds is 4. The number of ether oxygens (including phenoxy) is 2. The maximum absolute atomic E-state index is 11.7. The van der Waals surface area contributed by atoms with Gasteiger partial charge in [-0.15, -0.1) is 5.10 Å². The molecule has 0 amide bonds. The van der Waals surface area contributed by atoms with Gasteiger partial charge in [0.05, 0.1) is 19.9 Å². The van der Waals surface area contributed by atoms with Crippen molar-refractivity contribution in [3.8, 4) is 11.8 Å². The first-order chi connectivity index (χ1) is 8.76. The van der Waals surface area contributed by atoms with E-state index >= 15 is 0 Å². The molecular formula is C11H12N4O3. The Morgan fingerprint density at radius 3 is 2.72 bits per heavy atom. The lowest BCUT2D eigenvalue weighted by molar-refractivity contribution is 0.0522. The standard InChI is InChI=1S/C11H12N4O3/c1-3-18-10(16)8-7-15(14-9(8)17-2)11-12-5-4-6-13-11/h4-7H,3H2,1-2H3. The summed E-state index contributed by atoms with van der Waals surface area (Å²) < 4.78 is 11.3. The van der Waals surface area contributed by atoms with Gasteiger partial charge in [-0.25, -0.2) is 19.4 Å². The Kier molecular flexibility index (Phi) is 3.52. The Morgan fingerprint density at radius 1 is 1.39 bits per heavy atom. The molecule has 2 heterocycles. The van der Waals surface area contributed by atoms with Gasteiger partial charge in [0.15, 0.2) is 0 Å². The number of hydrogen-bond donors (Lipinski definition) is 0. The van der Waals surface area contributed by atoms with Gasteiger partial charge in [0.2, 0.25) is 5.88 Å². The Morgan fingerprint density at radius 2 is 2.11 bits per heavy atom. The van der Waals surface area contributed by atoms with Gasteiger partial charge in [0.1, 0.15) is 5.56 Å². The predicted octanol–water partition coefficient (Wildman–Crippen LogP) is 0.848. The van der Waals surface area contributed by atoms with E-state index in [0.29, 0.717) is 5.95 Å². The van der Waals surface area contributed by atoms with Crippen molar-refractivity contribution in [2.75, 3.05) is 13.7 Å². The lowest BCUT2D eigenvalue weighted by Gasteiger charge is -1.99. The summed E-state index contributed by atoms with van der Waals surface area (Å²) in [4.78, 5) is 19.7. The van der Waals surface area contributed by atoms with Crippen molar-refractivity contribution < 1.29 is 14.3 Å². The molecule has 0 spiro atoms. The Balaban J connectivity index is 2.38. The molecule has 0 unspecified atom stereocenters. The highest BCUT2D eigenvalue weighted by atomic mass is 16.5. The van der Waals surface area contributed by atoms with Gasteiger partial charge in [-0.05, 0) is 13.0 Å². The molecule has 18 heavy (non-hydrogen) atoms. The van der Waals surface area contributed by atoms with E-state index in [1.165, 1.54) is 18.0 Å². The molecule has 0 atom stereocenters. The van der Waals surface area contributed by atoms with Crippen molar-refractivity contribution >= 4 is 5.97 Å². The van der Waals surface area contributed by atoms with Crippen LogP contribution in [0.15, 0.2) is 24.7 Å². The zero-order valence-corrected chi connectivity index (χ0v) is 10.0. The van der Waals surface area contributed by atoms with Gasteiger partial charge in [0, 0.05) is 12.4 Å². The lowest BCUT2D eigenvalue weighted by Crippen LogP contribution is -2.05. The second-order valence-corrected chi connectivity index (χ2v) is 3.27. The van der Waals surface area contributed by atoms with Crippen LogP contribution in [0.1, 0.15) is 17.3 Å². The fourth-order valence-electron chi connectivity index (χ4n) is 1.37. The minimum Gasteiger partial charge on any atom is -0.479 e. The molecule has 0 aliphatic heterocycles. The van der Waals surface area contributed by atoms with Crippen LogP contribution in [0.25, 0.3) is 5.95 Å². The van der Waals surface area contributed by atoms with Gasteiger partial charge in [-0.2, -0.15) is 0 Å². The van der Waals surface area contributed by atoms with Gasteiger partial charge in [-0.1, -0.05) is 0 Å². The average molecular weight is 248 g/mol. The maximum atomic E-state index is 11.7. The van der Waals surface area contributed by atoms with Crippen LogP contribution >= 0.6 is 0 Å². The quantitative estimate of drug-likeness (QED) is 0.746. The molecule has 0 saturated carbocycles. The van der Waals surface area contributed by atoms with Crippen molar-refractivity contribution in [1.29, 1.82) is 0 Å². The van der Waals surface area contributed by atoms with Crippen LogP contribution in [-0.2, 0) is 4.74 Å². The van der Waals surface area contributed by atoms with Crippen molar-refractivity contribution in [2.24, 2.45) is 0 Å². The van der Waals surface area contributed by atoms with Crippen LogP contribution in [-0.4, -0.2) is 39.4 Å². The summed E-state index contributed by atoms with van der Waals surface area (Å²) >= 11 is 0. The monoisotopic (exact) mass is 248 g/mol. The Labute approximate surface area is 103 Å². The molecule has 0 aliphatic carbocycles. The summed E-state index contributed by atoms with van der Waals surface area (Å²) in [5.74, 6) is 0.0452. The fourth-order valence-corrected chi connectivity index (χ4v) is 1.37. The summed E-state index contributed by atoms with van der Waals surface area (Å²) in [7, 11) is 1.43. The van der Waals surface area contributed by atoms with E-state index in [1.54, 1.807) is 25.4 Å². The Hall–Kier alpha value is -2.44. The van der Waals surface area contributed by atoms with E-state index in [9.17, 15) is 4.79 Å². The molecule has 94 valence electrons. The molecule has 2 aromatic heterocycles. The van der Waals surface area contributed by atoms with Crippen molar-refractivity contribution in [1.82, 2.24) is 19.7 Å². The number of methoxy groups -OCH3 is 1. The first kappa shape index (κ1) is 12.0. The normalized spacial score (nSPS) is 10.1. The van der Waals surface area contributed by atoms with E-state index in [1.807, 2.05) is 0 Å². The van der Waals surface area contributed by atoms with E-state index in [2.05, 4.69) is 15.1 Å². The van der Waals surface area contributed by atoms with Crippen molar-refractivity contribution in [3.05, 3.63) is 30.2 Å². The second-order valence-electron chi connectivity index (χ2n) is 3.27. The molecule has 2 aromatic rings. The number of nitrogens with zero attached hydrogens (tertiary/aromatic N) is 4. The minimum atomic E-state index is -0.489. The summed E-state index contributed by atoms with van der Waals surface area (Å²) in [5.41, 5.74) is 0.242. The first-order valence-corrected chi connectivity index (χ1v) is 5.34.